The van der Waals surface area contributed by atoms with E-state index in [1.54, 1.807) is 12.1 Å². The number of benzene rings is 2. The molecule has 0 atom stereocenters. The molecule has 0 saturated heterocycles. The Morgan fingerprint density at radius 1 is 1.06 bits per heavy atom. The number of carbonyl (C=O) groups is 1. The number of halogens is 1. The molecule has 1 aliphatic carbocycles. The van der Waals surface area contributed by atoms with E-state index in [4.69, 9.17) is 9.47 Å². The number of ether oxygens (including phenoxy) is 2. The second kappa shape index (κ2) is 10.4. The van der Waals surface area contributed by atoms with Crippen LogP contribution >= 0.6 is 15.9 Å². The number of hydroxylamine groups is 1. The van der Waals surface area contributed by atoms with E-state index >= 15 is 0 Å². The number of nitrogens with one attached hydrogen (secondary N) is 1. The summed E-state index contributed by atoms with van der Waals surface area (Å²) in [7, 11) is -3.83. The van der Waals surface area contributed by atoms with Crippen molar-refractivity contribution < 1.29 is 22.7 Å². The Morgan fingerprint density at radius 3 is 2.48 bits per heavy atom. The molecule has 0 unspecified atom stereocenters. The Balaban J connectivity index is 1.57. The average Bonchev–Trinajstić information content (AvgIpc) is 2.83. The molecular formula is C23H26BrN2O6S-. The zero-order valence-electron chi connectivity index (χ0n) is 18.0. The van der Waals surface area contributed by atoms with Gasteiger partial charge in [-0.3, -0.25) is 4.79 Å². The van der Waals surface area contributed by atoms with Crippen LogP contribution in [-0.4, -0.2) is 38.4 Å². The molecule has 1 N–H and O–H groups in total. The van der Waals surface area contributed by atoms with Gasteiger partial charge in [0.05, 0.1) is 4.90 Å². The second-order valence-corrected chi connectivity index (χ2v) is 11.3. The normalized spacial score (nSPS) is 20.5. The van der Waals surface area contributed by atoms with Crippen molar-refractivity contribution in [3.8, 4) is 11.5 Å². The molecule has 178 valence electrons. The molecule has 1 heterocycles. The average molecular weight is 538 g/mol. The molecule has 1 aliphatic heterocycles. The highest BCUT2D eigenvalue weighted by Crippen LogP contribution is 2.35. The molecule has 2 aromatic rings. The number of hydrogen-bond acceptors (Lipinski definition) is 6. The Hall–Kier alpha value is -2.14. The van der Waals surface area contributed by atoms with Gasteiger partial charge in [-0.05, 0) is 61.4 Å². The summed E-state index contributed by atoms with van der Waals surface area (Å²) >= 11 is 3.45. The van der Waals surface area contributed by atoms with Crippen LogP contribution < -0.4 is 15.0 Å². The third-order valence-corrected chi connectivity index (χ3v) is 8.48. The maximum Gasteiger partial charge on any atom is 0.243 e. The minimum Gasteiger partial charge on any atom is -0.759 e. The lowest BCUT2D eigenvalue weighted by Gasteiger charge is -2.32. The van der Waals surface area contributed by atoms with Gasteiger partial charge in [-0.15, -0.1) is 0 Å². The van der Waals surface area contributed by atoms with E-state index in [0.29, 0.717) is 56.9 Å². The van der Waals surface area contributed by atoms with Crippen molar-refractivity contribution in [2.45, 2.75) is 37.1 Å². The highest BCUT2D eigenvalue weighted by molar-refractivity contribution is 9.10. The van der Waals surface area contributed by atoms with Crippen molar-refractivity contribution in [2.24, 2.45) is 11.8 Å². The fraction of sp³-hybridized carbons (Fsp3) is 0.435. The Bertz CT molecular complexity index is 1100. The van der Waals surface area contributed by atoms with Crippen LogP contribution in [0, 0.1) is 17.0 Å². The standard InChI is InChI=1S/C23H26BrN2O6S/c24-19-3-1-2-17(12-19)15-26(14-16-4-6-18(7-5-16)23(27)25-28)33(29,30)20-8-9-21-22(13-20)32-11-10-31-21/h1-3,8-9,12-13,16,18H,4-7,10-11,14-15H2,(H-,25,27,28)/q-1. The molecule has 0 aromatic heterocycles. The maximum atomic E-state index is 13.7. The summed E-state index contributed by atoms with van der Waals surface area (Å²) in [5.74, 6) is 0.275. The summed E-state index contributed by atoms with van der Waals surface area (Å²) in [6, 6.07) is 12.3. The predicted molar refractivity (Wildman–Crippen MR) is 126 cm³/mol. The number of carbonyl (C=O) groups excluding carboxylic acids is 1. The second-order valence-electron chi connectivity index (χ2n) is 8.42. The number of fused-ring (bicyclic) bond motifs is 1. The van der Waals surface area contributed by atoms with Gasteiger partial charge in [-0.1, -0.05) is 28.1 Å². The lowest BCUT2D eigenvalue weighted by molar-refractivity contribution is -0.125. The van der Waals surface area contributed by atoms with Gasteiger partial charge >= 0.3 is 0 Å². The van der Waals surface area contributed by atoms with E-state index in [2.05, 4.69) is 15.9 Å². The van der Waals surface area contributed by atoms with Crippen LogP contribution in [0.15, 0.2) is 51.8 Å². The van der Waals surface area contributed by atoms with Crippen LogP contribution in [0.4, 0.5) is 0 Å². The summed E-state index contributed by atoms with van der Waals surface area (Å²) in [5.41, 5.74) is 2.34. The Labute approximate surface area is 202 Å². The Kier molecular flexibility index (Phi) is 7.58. The van der Waals surface area contributed by atoms with Crippen molar-refractivity contribution in [2.75, 3.05) is 19.8 Å². The van der Waals surface area contributed by atoms with Gasteiger partial charge < -0.3 is 20.2 Å². The van der Waals surface area contributed by atoms with E-state index in [1.165, 1.54) is 15.9 Å². The number of hydrogen-bond donors (Lipinski definition) is 1. The fourth-order valence-electron chi connectivity index (χ4n) is 4.40. The highest BCUT2D eigenvalue weighted by Gasteiger charge is 2.32. The highest BCUT2D eigenvalue weighted by atomic mass is 79.9. The van der Waals surface area contributed by atoms with Crippen LogP contribution in [0.3, 0.4) is 0 Å². The molecule has 8 nitrogen and oxygen atoms in total. The quantitative estimate of drug-likeness (QED) is 0.537. The number of sulfonamides is 1. The summed E-state index contributed by atoms with van der Waals surface area (Å²) in [6.45, 7) is 1.35. The molecular weight excluding hydrogens is 512 g/mol. The molecule has 0 bridgehead atoms. The molecule has 4 rings (SSSR count). The van der Waals surface area contributed by atoms with Crippen LogP contribution in [0.5, 0.6) is 11.5 Å². The topological polar surface area (TPSA) is 108 Å². The summed E-state index contributed by atoms with van der Waals surface area (Å²) in [5, 5.41) is 10.7. The van der Waals surface area contributed by atoms with Crippen LogP contribution in [-0.2, 0) is 21.4 Å². The third kappa shape index (κ3) is 5.68. The van der Waals surface area contributed by atoms with E-state index < -0.39 is 15.9 Å². The van der Waals surface area contributed by atoms with Crippen molar-refractivity contribution in [3.63, 3.8) is 0 Å². The van der Waals surface area contributed by atoms with E-state index in [0.717, 1.165) is 10.0 Å². The lowest BCUT2D eigenvalue weighted by Crippen LogP contribution is -2.37. The van der Waals surface area contributed by atoms with Gasteiger partial charge in [-0.2, -0.15) is 4.31 Å². The zero-order valence-corrected chi connectivity index (χ0v) is 20.4. The first-order valence-electron chi connectivity index (χ1n) is 10.9. The minimum atomic E-state index is -3.83. The van der Waals surface area contributed by atoms with Gasteiger partial charge in [0.2, 0.25) is 15.9 Å². The van der Waals surface area contributed by atoms with Crippen LogP contribution in [0.25, 0.3) is 0 Å². The first-order chi connectivity index (χ1) is 15.9. The summed E-state index contributed by atoms with van der Waals surface area (Å²) < 4.78 is 40.9. The molecule has 0 spiro atoms. The summed E-state index contributed by atoms with van der Waals surface area (Å²) in [4.78, 5) is 11.8. The third-order valence-electron chi connectivity index (χ3n) is 6.18. The van der Waals surface area contributed by atoms with Crippen LogP contribution in [0.2, 0.25) is 0 Å². The molecule has 10 heteroatoms. The van der Waals surface area contributed by atoms with Gasteiger partial charge in [0.25, 0.3) is 0 Å². The minimum absolute atomic E-state index is 0.0971. The van der Waals surface area contributed by atoms with Crippen LogP contribution in [0.1, 0.15) is 31.2 Å². The van der Waals surface area contributed by atoms with E-state index in [-0.39, 0.29) is 23.3 Å². The molecule has 1 saturated carbocycles. The molecule has 0 radical (unpaired) electrons. The molecule has 1 fully saturated rings. The molecule has 2 aliphatic rings. The van der Waals surface area contributed by atoms with Crippen molar-refractivity contribution >= 4 is 31.9 Å². The smallest absolute Gasteiger partial charge is 0.243 e. The largest absolute Gasteiger partial charge is 0.759 e. The van der Waals surface area contributed by atoms with Gasteiger partial charge in [-0.25, -0.2) is 8.42 Å². The first kappa shape index (κ1) is 24.0. The Morgan fingerprint density at radius 2 is 1.79 bits per heavy atom. The molecule has 2 aromatic carbocycles. The van der Waals surface area contributed by atoms with Gasteiger partial charge in [0, 0.05) is 29.5 Å². The van der Waals surface area contributed by atoms with Gasteiger partial charge in [0.15, 0.2) is 11.5 Å². The maximum absolute atomic E-state index is 13.7. The van der Waals surface area contributed by atoms with E-state index in [1.807, 2.05) is 24.3 Å². The number of amides is 1. The monoisotopic (exact) mass is 537 g/mol. The van der Waals surface area contributed by atoms with E-state index in [9.17, 15) is 18.4 Å². The summed E-state index contributed by atoms with van der Waals surface area (Å²) in [6.07, 6.45) is 2.52. The lowest BCUT2D eigenvalue weighted by atomic mass is 9.81. The van der Waals surface area contributed by atoms with Crippen molar-refractivity contribution in [1.29, 1.82) is 0 Å². The van der Waals surface area contributed by atoms with Crippen molar-refractivity contribution in [3.05, 3.63) is 57.7 Å². The van der Waals surface area contributed by atoms with Crippen molar-refractivity contribution in [1.82, 2.24) is 9.79 Å². The number of rotatable bonds is 7. The number of nitrogens with zero attached hydrogens (tertiary/aromatic N) is 1. The fourth-order valence-corrected chi connectivity index (χ4v) is 6.37. The molecule has 1 amide bonds. The first-order valence-corrected chi connectivity index (χ1v) is 13.2. The predicted octanol–water partition coefficient (Wildman–Crippen LogP) is 3.83. The van der Waals surface area contributed by atoms with Gasteiger partial charge in [0.1, 0.15) is 13.2 Å². The zero-order chi connectivity index (χ0) is 23.4. The molecule has 33 heavy (non-hydrogen) atoms. The SMILES string of the molecule is O=C(N[O-])C1CCC(CN(Cc2cccc(Br)c2)S(=O)(=O)c2ccc3c(c2)OCCO3)CC1.